The van der Waals surface area contributed by atoms with Gasteiger partial charge in [0.2, 0.25) is 5.91 Å². The first-order valence-electron chi connectivity index (χ1n) is 10.9. The van der Waals surface area contributed by atoms with Crippen molar-refractivity contribution in [2.24, 2.45) is 5.92 Å². The van der Waals surface area contributed by atoms with E-state index in [1.807, 2.05) is 18.2 Å². The molecule has 0 atom stereocenters. The van der Waals surface area contributed by atoms with Gasteiger partial charge in [-0.1, -0.05) is 62.9 Å². The lowest BCUT2D eigenvalue weighted by atomic mass is 9.94. The van der Waals surface area contributed by atoms with Crippen molar-refractivity contribution in [2.75, 3.05) is 13.1 Å². The minimum absolute atomic E-state index is 0.211. The molecular weight excluding hydrogens is 382 g/mol. The van der Waals surface area contributed by atoms with Gasteiger partial charge in [-0.3, -0.25) is 4.79 Å². The number of hydrogen-bond donors (Lipinski definition) is 1. The van der Waals surface area contributed by atoms with E-state index in [1.54, 1.807) is 0 Å². The van der Waals surface area contributed by atoms with E-state index in [2.05, 4.69) is 53.0 Å². The summed E-state index contributed by atoms with van der Waals surface area (Å²) in [7, 11) is 0. The highest BCUT2D eigenvalue weighted by atomic mass is 35.5. The molecule has 1 heterocycles. The summed E-state index contributed by atoms with van der Waals surface area (Å²) in [6, 6.07) is 12.5. The Labute approximate surface area is 180 Å². The Kier molecular flexibility index (Phi) is 8.19. The summed E-state index contributed by atoms with van der Waals surface area (Å²) in [4.78, 5) is 15.2. The number of amides is 1. The number of rotatable bonds is 9. The molecule has 0 aliphatic heterocycles. The molecule has 1 saturated carbocycles. The number of benzene rings is 1. The molecule has 158 valence electrons. The normalized spacial score (nSPS) is 15.0. The zero-order valence-electron chi connectivity index (χ0n) is 17.7. The molecule has 29 heavy (non-hydrogen) atoms. The number of carbonyl (C=O) groups is 1. The molecule has 1 aliphatic rings. The molecule has 1 amide bonds. The van der Waals surface area contributed by atoms with E-state index in [4.69, 9.17) is 11.6 Å². The zero-order chi connectivity index (χ0) is 20.6. The molecule has 0 saturated heterocycles. The Balaban J connectivity index is 1.73. The highest BCUT2D eigenvalue weighted by Crippen LogP contribution is 2.25. The van der Waals surface area contributed by atoms with Crippen LogP contribution in [0, 0.1) is 5.92 Å². The van der Waals surface area contributed by atoms with Crippen LogP contribution in [0.25, 0.3) is 0 Å². The minimum atomic E-state index is 0.211. The van der Waals surface area contributed by atoms with E-state index < -0.39 is 0 Å². The fraction of sp³-hybridized carbons (Fsp3) is 0.542. The Hall–Kier alpha value is -1.78. The van der Waals surface area contributed by atoms with Gasteiger partial charge >= 0.3 is 0 Å². The largest absolute Gasteiger partial charge is 0.345 e. The highest BCUT2D eigenvalue weighted by Gasteiger charge is 2.26. The number of carbonyl (C=O) groups excluding carboxylic acids is 1. The second kappa shape index (κ2) is 10.8. The van der Waals surface area contributed by atoms with Crippen molar-refractivity contribution in [1.82, 2.24) is 14.8 Å². The van der Waals surface area contributed by atoms with Gasteiger partial charge in [-0.05, 0) is 49.1 Å². The molecule has 1 aliphatic carbocycles. The van der Waals surface area contributed by atoms with Crippen LogP contribution in [0.4, 0.5) is 0 Å². The SMILES string of the molecule is CC(C)CNCC(=O)N(Cc1cccn1Cc1ccccc1Cl)C1CCCCC1. The molecule has 1 fully saturated rings. The van der Waals surface area contributed by atoms with Crippen molar-refractivity contribution >= 4 is 17.5 Å². The average Bonchev–Trinajstić information content (AvgIpc) is 3.15. The van der Waals surface area contributed by atoms with E-state index in [1.165, 1.54) is 19.3 Å². The summed E-state index contributed by atoms with van der Waals surface area (Å²) in [5.74, 6) is 0.752. The van der Waals surface area contributed by atoms with Crippen LogP contribution in [0.2, 0.25) is 5.02 Å². The molecule has 1 N–H and O–H groups in total. The predicted octanol–water partition coefficient (Wildman–Crippen LogP) is 5.10. The molecule has 1 aromatic heterocycles. The van der Waals surface area contributed by atoms with Crippen molar-refractivity contribution in [2.45, 2.75) is 65.1 Å². The lowest BCUT2D eigenvalue weighted by Gasteiger charge is -2.35. The third-order valence-electron chi connectivity index (χ3n) is 5.72. The molecule has 0 radical (unpaired) electrons. The Morgan fingerprint density at radius 3 is 2.66 bits per heavy atom. The van der Waals surface area contributed by atoms with Gasteiger partial charge in [-0.25, -0.2) is 0 Å². The van der Waals surface area contributed by atoms with E-state index in [9.17, 15) is 4.79 Å². The van der Waals surface area contributed by atoms with Crippen molar-refractivity contribution in [3.63, 3.8) is 0 Å². The van der Waals surface area contributed by atoms with E-state index in [0.717, 1.165) is 42.2 Å². The minimum Gasteiger partial charge on any atom is -0.345 e. The topological polar surface area (TPSA) is 37.3 Å². The predicted molar refractivity (Wildman–Crippen MR) is 120 cm³/mol. The molecule has 0 bridgehead atoms. The maximum atomic E-state index is 13.1. The van der Waals surface area contributed by atoms with Gasteiger partial charge in [-0.15, -0.1) is 0 Å². The third kappa shape index (κ3) is 6.35. The van der Waals surface area contributed by atoms with Crippen LogP contribution >= 0.6 is 11.6 Å². The number of aromatic nitrogens is 1. The molecule has 3 rings (SSSR count). The first kappa shape index (κ1) is 21.9. The van der Waals surface area contributed by atoms with Crippen LogP contribution in [0.1, 0.15) is 57.2 Å². The van der Waals surface area contributed by atoms with Crippen molar-refractivity contribution in [3.05, 3.63) is 58.9 Å². The quantitative estimate of drug-likeness (QED) is 0.618. The van der Waals surface area contributed by atoms with Gasteiger partial charge in [0.15, 0.2) is 0 Å². The van der Waals surface area contributed by atoms with Gasteiger partial charge in [-0.2, -0.15) is 0 Å². The molecule has 5 heteroatoms. The first-order chi connectivity index (χ1) is 14.0. The second-order valence-electron chi connectivity index (χ2n) is 8.56. The average molecular weight is 416 g/mol. The summed E-state index contributed by atoms with van der Waals surface area (Å²) >= 11 is 6.37. The summed E-state index contributed by atoms with van der Waals surface area (Å²) in [6.45, 7) is 6.99. The van der Waals surface area contributed by atoms with Gasteiger partial charge in [0, 0.05) is 29.5 Å². The van der Waals surface area contributed by atoms with Crippen LogP contribution < -0.4 is 5.32 Å². The fourth-order valence-corrected chi connectivity index (χ4v) is 4.31. The molecule has 0 unspecified atom stereocenters. The van der Waals surface area contributed by atoms with Crippen LogP contribution in [0.3, 0.4) is 0 Å². The molecule has 0 spiro atoms. The molecule has 1 aromatic carbocycles. The van der Waals surface area contributed by atoms with Crippen molar-refractivity contribution in [1.29, 1.82) is 0 Å². The van der Waals surface area contributed by atoms with Gasteiger partial charge in [0.1, 0.15) is 0 Å². The number of nitrogens with one attached hydrogen (secondary N) is 1. The molecule has 4 nitrogen and oxygen atoms in total. The Morgan fingerprint density at radius 1 is 1.17 bits per heavy atom. The summed E-state index contributed by atoms with van der Waals surface area (Å²) in [6.07, 6.45) is 8.03. The van der Waals surface area contributed by atoms with Crippen molar-refractivity contribution in [3.8, 4) is 0 Å². The number of hydrogen-bond acceptors (Lipinski definition) is 2. The van der Waals surface area contributed by atoms with Crippen LogP contribution in [-0.2, 0) is 17.9 Å². The van der Waals surface area contributed by atoms with Crippen molar-refractivity contribution < 1.29 is 4.79 Å². The summed E-state index contributed by atoms with van der Waals surface area (Å²) in [5.41, 5.74) is 2.26. The standard InChI is InChI=1S/C24H34ClN3O/c1-19(2)15-26-16-24(29)28(21-10-4-3-5-11-21)18-22-12-8-14-27(22)17-20-9-6-7-13-23(20)25/h6-9,12-14,19,21,26H,3-5,10-11,15-18H2,1-2H3. The monoisotopic (exact) mass is 415 g/mol. The van der Waals surface area contributed by atoms with Crippen LogP contribution in [0.5, 0.6) is 0 Å². The maximum absolute atomic E-state index is 13.1. The number of halogens is 1. The maximum Gasteiger partial charge on any atom is 0.237 e. The van der Waals surface area contributed by atoms with Gasteiger partial charge < -0.3 is 14.8 Å². The lowest BCUT2D eigenvalue weighted by Crippen LogP contribution is -2.45. The van der Waals surface area contributed by atoms with E-state index >= 15 is 0 Å². The zero-order valence-corrected chi connectivity index (χ0v) is 18.5. The van der Waals surface area contributed by atoms with Crippen LogP contribution in [0.15, 0.2) is 42.6 Å². The van der Waals surface area contributed by atoms with E-state index in [-0.39, 0.29) is 5.91 Å². The third-order valence-corrected chi connectivity index (χ3v) is 6.09. The Bertz CT molecular complexity index is 780. The lowest BCUT2D eigenvalue weighted by molar-refractivity contribution is -0.134. The molecule has 2 aromatic rings. The fourth-order valence-electron chi connectivity index (χ4n) is 4.11. The molecular formula is C24H34ClN3O. The van der Waals surface area contributed by atoms with Crippen LogP contribution in [-0.4, -0.2) is 34.5 Å². The summed E-state index contributed by atoms with van der Waals surface area (Å²) < 4.78 is 2.21. The van der Waals surface area contributed by atoms with Gasteiger partial charge in [0.25, 0.3) is 0 Å². The smallest absolute Gasteiger partial charge is 0.237 e. The first-order valence-corrected chi connectivity index (χ1v) is 11.3. The Morgan fingerprint density at radius 2 is 1.93 bits per heavy atom. The number of nitrogens with zero attached hydrogens (tertiary/aromatic N) is 2. The van der Waals surface area contributed by atoms with Gasteiger partial charge in [0.05, 0.1) is 13.1 Å². The summed E-state index contributed by atoms with van der Waals surface area (Å²) in [5, 5.41) is 4.11. The highest BCUT2D eigenvalue weighted by molar-refractivity contribution is 6.31. The van der Waals surface area contributed by atoms with E-state index in [0.29, 0.717) is 25.0 Å². The second-order valence-corrected chi connectivity index (χ2v) is 8.96.